The van der Waals surface area contributed by atoms with E-state index in [-0.39, 0.29) is 0 Å². The number of benzene rings is 1. The molecule has 0 aliphatic rings. The van der Waals surface area contributed by atoms with E-state index in [2.05, 4.69) is 15.4 Å². The third kappa shape index (κ3) is 1.29. The van der Waals surface area contributed by atoms with E-state index in [1.165, 1.54) is 11.3 Å². The Balaban J connectivity index is 2.65. The monoisotopic (exact) mass is 255 g/mol. The third-order valence-corrected chi connectivity index (χ3v) is 3.95. The SMILES string of the molecule is Clc1nnnc2c1sc1cccc(Cl)c12. The van der Waals surface area contributed by atoms with E-state index in [4.69, 9.17) is 23.2 Å². The molecule has 2 aromatic heterocycles. The van der Waals surface area contributed by atoms with Crippen LogP contribution in [0.25, 0.3) is 20.3 Å². The minimum Gasteiger partial charge on any atom is -0.130 e. The van der Waals surface area contributed by atoms with E-state index in [1.807, 2.05) is 18.2 Å². The summed E-state index contributed by atoms with van der Waals surface area (Å²) in [7, 11) is 0. The molecular formula is C9H3Cl2N3S. The van der Waals surface area contributed by atoms with Gasteiger partial charge in [0, 0.05) is 10.1 Å². The highest BCUT2D eigenvalue weighted by molar-refractivity contribution is 7.26. The molecule has 0 saturated heterocycles. The van der Waals surface area contributed by atoms with Crippen LogP contribution in [0.4, 0.5) is 0 Å². The Labute approximate surface area is 98.6 Å². The summed E-state index contributed by atoms with van der Waals surface area (Å²) in [6.07, 6.45) is 0. The standard InChI is InChI=1S/C9H3Cl2N3S/c10-4-2-1-3-5-6(4)7-8(15-5)9(11)13-14-12-7/h1-3H. The Morgan fingerprint density at radius 2 is 2.00 bits per heavy atom. The Hall–Kier alpha value is -0.970. The number of nitrogens with zero attached hydrogens (tertiary/aromatic N) is 3. The average molecular weight is 256 g/mol. The first-order valence-corrected chi connectivity index (χ1v) is 5.70. The van der Waals surface area contributed by atoms with Crippen LogP contribution in [0.2, 0.25) is 10.2 Å². The predicted molar refractivity (Wildman–Crippen MR) is 62.7 cm³/mol. The van der Waals surface area contributed by atoms with Crippen molar-refractivity contribution in [2.75, 3.05) is 0 Å². The van der Waals surface area contributed by atoms with E-state index < -0.39 is 0 Å². The van der Waals surface area contributed by atoms with Gasteiger partial charge in [0.05, 0.1) is 9.72 Å². The van der Waals surface area contributed by atoms with Gasteiger partial charge in [-0.05, 0) is 17.3 Å². The molecule has 3 aromatic rings. The van der Waals surface area contributed by atoms with Crippen LogP contribution >= 0.6 is 34.5 Å². The largest absolute Gasteiger partial charge is 0.172 e. The number of halogens is 2. The molecule has 1 aromatic carbocycles. The highest BCUT2D eigenvalue weighted by Crippen LogP contribution is 2.38. The summed E-state index contributed by atoms with van der Waals surface area (Å²) in [5, 5.41) is 13.2. The van der Waals surface area contributed by atoms with Crippen molar-refractivity contribution in [3.63, 3.8) is 0 Å². The van der Waals surface area contributed by atoms with Crippen LogP contribution in [0, 0.1) is 0 Å². The maximum atomic E-state index is 6.11. The van der Waals surface area contributed by atoms with Gasteiger partial charge >= 0.3 is 0 Å². The van der Waals surface area contributed by atoms with E-state index in [0.29, 0.717) is 10.2 Å². The summed E-state index contributed by atoms with van der Waals surface area (Å²) in [4.78, 5) is 0. The highest BCUT2D eigenvalue weighted by Gasteiger charge is 2.12. The lowest BCUT2D eigenvalue weighted by Crippen LogP contribution is -1.86. The van der Waals surface area contributed by atoms with Gasteiger partial charge in [-0.15, -0.1) is 21.5 Å². The van der Waals surface area contributed by atoms with Gasteiger partial charge in [0.25, 0.3) is 0 Å². The van der Waals surface area contributed by atoms with Gasteiger partial charge in [0.2, 0.25) is 0 Å². The van der Waals surface area contributed by atoms with Crippen LogP contribution in [0.5, 0.6) is 0 Å². The molecule has 0 saturated carbocycles. The van der Waals surface area contributed by atoms with E-state index in [9.17, 15) is 0 Å². The number of hydrogen-bond acceptors (Lipinski definition) is 4. The first-order chi connectivity index (χ1) is 7.27. The molecule has 0 aliphatic heterocycles. The van der Waals surface area contributed by atoms with Crippen molar-refractivity contribution in [2.45, 2.75) is 0 Å². The fourth-order valence-electron chi connectivity index (χ4n) is 1.48. The lowest BCUT2D eigenvalue weighted by atomic mass is 10.2. The summed E-state index contributed by atoms with van der Waals surface area (Å²) < 4.78 is 1.87. The van der Waals surface area contributed by atoms with Crippen molar-refractivity contribution in [1.82, 2.24) is 15.4 Å². The molecule has 74 valence electrons. The van der Waals surface area contributed by atoms with Crippen LogP contribution in [0.1, 0.15) is 0 Å². The number of rotatable bonds is 0. The quantitative estimate of drug-likeness (QED) is 0.617. The van der Waals surface area contributed by atoms with Crippen molar-refractivity contribution in [1.29, 1.82) is 0 Å². The molecule has 15 heavy (non-hydrogen) atoms. The minimum absolute atomic E-state index is 0.372. The molecule has 0 radical (unpaired) electrons. The predicted octanol–water partition coefficient (Wildman–Crippen LogP) is 3.55. The second-order valence-electron chi connectivity index (χ2n) is 2.97. The Morgan fingerprint density at radius 3 is 2.87 bits per heavy atom. The van der Waals surface area contributed by atoms with Crippen LogP contribution < -0.4 is 0 Å². The van der Waals surface area contributed by atoms with E-state index >= 15 is 0 Å². The lowest BCUT2D eigenvalue weighted by Gasteiger charge is -1.92. The molecule has 3 nitrogen and oxygen atoms in total. The van der Waals surface area contributed by atoms with E-state index in [0.717, 1.165) is 20.3 Å². The first kappa shape index (κ1) is 9.27. The fourth-order valence-corrected chi connectivity index (χ4v) is 3.08. The van der Waals surface area contributed by atoms with Gasteiger partial charge in [0.15, 0.2) is 5.15 Å². The first-order valence-electron chi connectivity index (χ1n) is 4.13. The summed E-state index contributed by atoms with van der Waals surface area (Å²) in [6.45, 7) is 0. The van der Waals surface area contributed by atoms with Crippen LogP contribution in [-0.4, -0.2) is 15.4 Å². The zero-order chi connectivity index (χ0) is 10.4. The molecular weight excluding hydrogens is 253 g/mol. The summed E-state index contributed by atoms with van der Waals surface area (Å²) in [5.41, 5.74) is 0.723. The smallest absolute Gasteiger partial charge is 0.130 e. The van der Waals surface area contributed by atoms with Crippen molar-refractivity contribution in [3.05, 3.63) is 28.4 Å². The molecule has 0 atom stereocenters. The maximum Gasteiger partial charge on any atom is 0.172 e. The fraction of sp³-hybridized carbons (Fsp3) is 0. The molecule has 0 aliphatic carbocycles. The number of hydrogen-bond donors (Lipinski definition) is 0. The number of fused-ring (bicyclic) bond motifs is 3. The normalized spacial score (nSPS) is 11.3. The summed E-state index contributed by atoms with van der Waals surface area (Å²) in [6, 6.07) is 5.70. The molecule has 0 fully saturated rings. The van der Waals surface area contributed by atoms with Crippen molar-refractivity contribution in [2.24, 2.45) is 0 Å². The van der Waals surface area contributed by atoms with Crippen LogP contribution in [0.15, 0.2) is 18.2 Å². The second-order valence-corrected chi connectivity index (χ2v) is 4.79. The molecule has 2 heterocycles. The van der Waals surface area contributed by atoms with Crippen LogP contribution in [0.3, 0.4) is 0 Å². The molecule has 0 spiro atoms. The van der Waals surface area contributed by atoms with Crippen molar-refractivity contribution < 1.29 is 0 Å². The zero-order valence-electron chi connectivity index (χ0n) is 7.24. The van der Waals surface area contributed by atoms with Gasteiger partial charge in [-0.3, -0.25) is 0 Å². The topological polar surface area (TPSA) is 38.7 Å². The Morgan fingerprint density at radius 1 is 1.13 bits per heavy atom. The minimum atomic E-state index is 0.372. The second kappa shape index (κ2) is 3.27. The summed E-state index contributed by atoms with van der Waals surface area (Å²) >= 11 is 13.6. The third-order valence-electron chi connectivity index (χ3n) is 2.10. The van der Waals surface area contributed by atoms with E-state index in [1.54, 1.807) is 0 Å². The molecule has 0 unspecified atom stereocenters. The number of aromatic nitrogens is 3. The van der Waals surface area contributed by atoms with Gasteiger partial charge < -0.3 is 0 Å². The van der Waals surface area contributed by atoms with Gasteiger partial charge in [0.1, 0.15) is 5.52 Å². The van der Waals surface area contributed by atoms with Crippen molar-refractivity contribution in [3.8, 4) is 0 Å². The van der Waals surface area contributed by atoms with Crippen molar-refractivity contribution >= 4 is 54.8 Å². The molecule has 0 amide bonds. The Kier molecular flexibility index (Phi) is 2.02. The highest BCUT2D eigenvalue weighted by atomic mass is 35.5. The van der Waals surface area contributed by atoms with Crippen LogP contribution in [-0.2, 0) is 0 Å². The van der Waals surface area contributed by atoms with Gasteiger partial charge in [-0.2, -0.15) is 0 Å². The zero-order valence-corrected chi connectivity index (χ0v) is 9.57. The molecule has 0 N–H and O–H groups in total. The summed E-state index contributed by atoms with van der Waals surface area (Å²) in [5.74, 6) is 0. The number of thiophene rings is 1. The molecule has 0 bridgehead atoms. The maximum absolute atomic E-state index is 6.11. The average Bonchev–Trinajstić information content (AvgIpc) is 2.59. The molecule has 3 rings (SSSR count). The van der Waals surface area contributed by atoms with Gasteiger partial charge in [-0.1, -0.05) is 29.3 Å². The Bertz CT molecular complexity index is 665. The molecule has 6 heteroatoms. The lowest BCUT2D eigenvalue weighted by molar-refractivity contribution is 0.900. The van der Waals surface area contributed by atoms with Gasteiger partial charge in [-0.25, -0.2) is 0 Å².